The van der Waals surface area contributed by atoms with E-state index in [0.29, 0.717) is 17.9 Å². The molecule has 1 heterocycles. The highest BCUT2D eigenvalue weighted by atomic mass is 16.5. The van der Waals surface area contributed by atoms with E-state index in [1.54, 1.807) is 18.3 Å². The number of aromatic nitrogens is 1. The zero-order valence-electron chi connectivity index (χ0n) is 9.26. The predicted molar refractivity (Wildman–Crippen MR) is 66.0 cm³/mol. The summed E-state index contributed by atoms with van der Waals surface area (Å²) in [6, 6.07) is 12.8. The Kier molecular flexibility index (Phi) is 3.35. The number of ether oxygens (including phenoxy) is 1. The topological polar surface area (TPSA) is 72.0 Å². The van der Waals surface area contributed by atoms with Crippen LogP contribution >= 0.6 is 0 Å². The number of hydrogen-bond donors (Lipinski definition) is 2. The van der Waals surface area contributed by atoms with E-state index in [4.69, 9.17) is 15.9 Å². The van der Waals surface area contributed by atoms with Gasteiger partial charge in [-0.15, -0.1) is 0 Å². The molecule has 0 aliphatic heterocycles. The van der Waals surface area contributed by atoms with Gasteiger partial charge in [0.2, 0.25) is 0 Å². The first-order valence-corrected chi connectivity index (χ1v) is 5.23. The first-order valence-electron chi connectivity index (χ1n) is 5.23. The maximum atomic E-state index is 7.34. The van der Waals surface area contributed by atoms with E-state index in [9.17, 15) is 0 Å². The lowest BCUT2D eigenvalue weighted by atomic mass is 10.2. The van der Waals surface area contributed by atoms with Crippen LogP contribution in [-0.4, -0.2) is 10.8 Å². The maximum Gasteiger partial charge on any atom is 0.130 e. The molecule has 0 atom stereocenters. The highest BCUT2D eigenvalue weighted by molar-refractivity contribution is 5.95. The largest absolute Gasteiger partial charge is 0.487 e. The average molecular weight is 227 g/mol. The van der Waals surface area contributed by atoms with E-state index in [-0.39, 0.29) is 5.84 Å². The van der Waals surface area contributed by atoms with E-state index in [1.807, 2.05) is 30.3 Å². The normalized spacial score (nSPS) is 9.88. The lowest BCUT2D eigenvalue weighted by Gasteiger charge is -2.06. The van der Waals surface area contributed by atoms with Gasteiger partial charge >= 0.3 is 0 Å². The molecule has 0 spiro atoms. The van der Waals surface area contributed by atoms with Crippen molar-refractivity contribution in [3.63, 3.8) is 0 Å². The number of nitrogens with two attached hydrogens (primary N) is 1. The van der Waals surface area contributed by atoms with Crippen molar-refractivity contribution >= 4 is 5.84 Å². The maximum absolute atomic E-state index is 7.34. The molecule has 0 saturated carbocycles. The van der Waals surface area contributed by atoms with Crippen LogP contribution in [0.1, 0.15) is 11.3 Å². The summed E-state index contributed by atoms with van der Waals surface area (Å²) in [6.07, 6.45) is 1.73. The highest BCUT2D eigenvalue weighted by Gasteiger charge is 2.00. The molecule has 86 valence electrons. The smallest absolute Gasteiger partial charge is 0.130 e. The van der Waals surface area contributed by atoms with Gasteiger partial charge in [0.15, 0.2) is 0 Å². The minimum atomic E-state index is 0.0355. The van der Waals surface area contributed by atoms with Crippen molar-refractivity contribution in [2.24, 2.45) is 5.73 Å². The number of nitrogen functional groups attached to an aromatic ring is 1. The average Bonchev–Trinajstić information content (AvgIpc) is 2.38. The Morgan fingerprint density at radius 2 is 2.12 bits per heavy atom. The summed E-state index contributed by atoms with van der Waals surface area (Å²) in [5.74, 6) is 0.719. The minimum Gasteiger partial charge on any atom is -0.487 e. The van der Waals surface area contributed by atoms with E-state index >= 15 is 0 Å². The number of amidine groups is 1. The molecule has 17 heavy (non-hydrogen) atoms. The number of hydrogen-bond acceptors (Lipinski definition) is 3. The molecule has 4 nitrogen and oxygen atoms in total. The van der Waals surface area contributed by atoms with Crippen LogP contribution in [0.15, 0.2) is 48.7 Å². The van der Waals surface area contributed by atoms with Crippen LogP contribution < -0.4 is 10.5 Å². The summed E-state index contributed by atoms with van der Waals surface area (Å²) in [4.78, 5) is 4.16. The van der Waals surface area contributed by atoms with Crippen LogP contribution in [-0.2, 0) is 6.61 Å². The van der Waals surface area contributed by atoms with Crippen LogP contribution in [0.4, 0.5) is 0 Å². The Labute approximate surface area is 99.6 Å². The fraction of sp³-hybridized carbons (Fsp3) is 0.0769. The molecule has 1 aromatic heterocycles. The molecule has 4 heteroatoms. The summed E-state index contributed by atoms with van der Waals surface area (Å²) in [7, 11) is 0. The zero-order valence-corrected chi connectivity index (χ0v) is 9.26. The highest BCUT2D eigenvalue weighted by Crippen LogP contribution is 2.14. The Morgan fingerprint density at radius 3 is 2.82 bits per heavy atom. The van der Waals surface area contributed by atoms with Crippen molar-refractivity contribution in [3.05, 3.63) is 59.9 Å². The van der Waals surface area contributed by atoms with Gasteiger partial charge in [0.25, 0.3) is 0 Å². The monoisotopic (exact) mass is 227 g/mol. The number of pyridine rings is 1. The molecule has 0 radical (unpaired) electrons. The SMILES string of the molecule is N=C(N)c1cccc(OCc2ccccn2)c1. The van der Waals surface area contributed by atoms with Gasteiger partial charge in [-0.05, 0) is 24.3 Å². The Morgan fingerprint density at radius 1 is 1.24 bits per heavy atom. The van der Waals surface area contributed by atoms with Gasteiger partial charge in [0, 0.05) is 11.8 Å². The van der Waals surface area contributed by atoms with Crippen molar-refractivity contribution in [2.75, 3.05) is 0 Å². The molecule has 0 aliphatic carbocycles. The molecule has 2 aromatic rings. The first-order chi connectivity index (χ1) is 8.25. The predicted octanol–water partition coefficient (Wildman–Crippen LogP) is 1.94. The Bertz CT molecular complexity index is 511. The van der Waals surface area contributed by atoms with Crippen LogP contribution in [0.2, 0.25) is 0 Å². The third-order valence-corrected chi connectivity index (χ3v) is 2.26. The molecule has 0 unspecified atom stereocenters. The van der Waals surface area contributed by atoms with Crippen LogP contribution in [0.3, 0.4) is 0 Å². The summed E-state index contributed by atoms with van der Waals surface area (Å²) in [6.45, 7) is 0.405. The van der Waals surface area contributed by atoms with Gasteiger partial charge in [-0.2, -0.15) is 0 Å². The lowest BCUT2D eigenvalue weighted by molar-refractivity contribution is 0.301. The minimum absolute atomic E-state index is 0.0355. The summed E-state index contributed by atoms with van der Waals surface area (Å²) in [5, 5.41) is 7.34. The van der Waals surface area contributed by atoms with Gasteiger partial charge in [0.1, 0.15) is 18.2 Å². The van der Waals surface area contributed by atoms with Gasteiger partial charge < -0.3 is 10.5 Å². The second kappa shape index (κ2) is 5.12. The summed E-state index contributed by atoms with van der Waals surface area (Å²) in [5.41, 5.74) is 6.92. The molecule has 0 fully saturated rings. The zero-order chi connectivity index (χ0) is 12.1. The van der Waals surface area contributed by atoms with Crippen molar-refractivity contribution in [2.45, 2.75) is 6.61 Å². The molecule has 0 aliphatic rings. The third-order valence-electron chi connectivity index (χ3n) is 2.26. The van der Waals surface area contributed by atoms with Crippen LogP contribution in [0.5, 0.6) is 5.75 Å². The van der Waals surface area contributed by atoms with Gasteiger partial charge in [-0.1, -0.05) is 18.2 Å². The Hall–Kier alpha value is -2.36. The molecular weight excluding hydrogens is 214 g/mol. The first kappa shape index (κ1) is 11.1. The van der Waals surface area contributed by atoms with E-state index < -0.39 is 0 Å². The number of rotatable bonds is 4. The van der Waals surface area contributed by atoms with Crippen LogP contribution in [0.25, 0.3) is 0 Å². The molecule has 0 saturated heterocycles. The molecule has 3 N–H and O–H groups in total. The second-order valence-corrected chi connectivity index (χ2v) is 3.55. The van der Waals surface area contributed by atoms with Crippen molar-refractivity contribution in [3.8, 4) is 5.75 Å². The molecule has 0 bridgehead atoms. The number of benzene rings is 1. The molecular formula is C13H13N3O. The third kappa shape index (κ3) is 3.04. The van der Waals surface area contributed by atoms with Crippen molar-refractivity contribution < 1.29 is 4.74 Å². The van der Waals surface area contributed by atoms with E-state index in [0.717, 1.165) is 5.69 Å². The lowest BCUT2D eigenvalue weighted by Crippen LogP contribution is -2.10. The molecule has 2 rings (SSSR count). The van der Waals surface area contributed by atoms with Crippen LogP contribution in [0, 0.1) is 5.41 Å². The van der Waals surface area contributed by atoms with Crippen molar-refractivity contribution in [1.29, 1.82) is 5.41 Å². The van der Waals surface area contributed by atoms with Gasteiger partial charge in [0.05, 0.1) is 5.69 Å². The summed E-state index contributed by atoms with van der Waals surface area (Å²) < 4.78 is 5.57. The Balaban J connectivity index is 2.04. The van der Waals surface area contributed by atoms with Gasteiger partial charge in [-0.25, -0.2) is 0 Å². The fourth-order valence-electron chi connectivity index (χ4n) is 1.39. The number of nitrogens with one attached hydrogen (secondary N) is 1. The van der Waals surface area contributed by atoms with Crippen molar-refractivity contribution in [1.82, 2.24) is 4.98 Å². The fourth-order valence-corrected chi connectivity index (χ4v) is 1.39. The van der Waals surface area contributed by atoms with E-state index in [2.05, 4.69) is 4.98 Å². The summed E-state index contributed by atoms with van der Waals surface area (Å²) >= 11 is 0. The van der Waals surface area contributed by atoms with E-state index in [1.165, 1.54) is 0 Å². The standard InChI is InChI=1S/C13H13N3O/c14-13(15)10-4-3-6-12(8-10)17-9-11-5-1-2-7-16-11/h1-8H,9H2,(H3,14,15). The molecule has 0 amide bonds. The number of nitrogens with zero attached hydrogens (tertiary/aromatic N) is 1. The van der Waals surface area contributed by atoms with Gasteiger partial charge in [-0.3, -0.25) is 10.4 Å². The second-order valence-electron chi connectivity index (χ2n) is 3.55. The molecule has 1 aromatic carbocycles. The quantitative estimate of drug-likeness (QED) is 0.619.